The first-order valence-corrected chi connectivity index (χ1v) is 14.4. The molecule has 0 saturated carbocycles. The zero-order valence-corrected chi connectivity index (χ0v) is 25.7. The molecule has 0 saturated heterocycles. The quantitative estimate of drug-likeness (QED) is 0.167. The smallest absolute Gasteiger partial charge is 0.408 e. The third-order valence-corrected chi connectivity index (χ3v) is 6.21. The Morgan fingerprint density at radius 3 is 1.77 bits per heavy atom. The maximum absolute atomic E-state index is 13.1. The van der Waals surface area contributed by atoms with E-state index < -0.39 is 56.9 Å². The molecule has 0 aliphatic carbocycles. The number of esters is 2. The Labute approximate surface area is 233 Å². The van der Waals surface area contributed by atoms with Crippen LogP contribution in [0.5, 0.6) is 0 Å². The van der Waals surface area contributed by atoms with E-state index in [1.807, 2.05) is 6.92 Å². The van der Waals surface area contributed by atoms with Gasteiger partial charge in [-0.05, 0) is 101 Å². The van der Waals surface area contributed by atoms with Crippen LogP contribution in [-0.2, 0) is 38.1 Å². The highest BCUT2D eigenvalue weighted by Crippen LogP contribution is 2.23. The van der Waals surface area contributed by atoms with E-state index in [0.717, 1.165) is 5.56 Å². The summed E-state index contributed by atoms with van der Waals surface area (Å²) in [5, 5.41) is 2.51. The van der Waals surface area contributed by atoms with Crippen molar-refractivity contribution in [3.63, 3.8) is 0 Å². The van der Waals surface area contributed by atoms with Crippen molar-refractivity contribution in [2.24, 2.45) is 5.92 Å². The predicted molar refractivity (Wildman–Crippen MR) is 147 cm³/mol. The van der Waals surface area contributed by atoms with E-state index in [1.165, 1.54) is 12.1 Å². The largest absolute Gasteiger partial charge is 0.460 e. The Bertz CT molecular complexity index is 1080. The van der Waals surface area contributed by atoms with Crippen LogP contribution in [0, 0.1) is 12.8 Å². The lowest BCUT2D eigenvalue weighted by Crippen LogP contribution is -2.47. The van der Waals surface area contributed by atoms with Crippen LogP contribution in [0.25, 0.3) is 0 Å². The summed E-state index contributed by atoms with van der Waals surface area (Å²) in [6.07, 6.45) is -0.682. The second-order valence-corrected chi connectivity index (χ2v) is 14.0. The predicted octanol–water partition coefficient (Wildman–Crippen LogP) is 5.06. The molecule has 1 rings (SSSR count). The third-order valence-electron chi connectivity index (χ3n) is 4.89. The van der Waals surface area contributed by atoms with Crippen molar-refractivity contribution in [2.45, 2.75) is 116 Å². The number of nitrogens with one attached hydrogen (secondary N) is 1. The number of ether oxygens (including phenoxy) is 3. The number of carbonyl (C=O) groups is 3. The standard InChI is InChI=1S/C28H45NO9S/c1-19-13-15-21(16-14-19)39(33,34)35-17-11-12-20(23(30)36-26(2,3)4)18-22(24(31)37-27(5,6)7)29-25(32)38-28(8,9)10/h13-16,20,22H,11-12,17-18H2,1-10H3,(H,29,32)/t20?,22-/m0/s1. The van der Waals surface area contributed by atoms with Crippen molar-refractivity contribution >= 4 is 28.1 Å². The normalized spacial score (nSPS) is 14.2. The number of rotatable bonds is 11. The fraction of sp³-hybridized carbons (Fsp3) is 0.679. The van der Waals surface area contributed by atoms with E-state index in [0.29, 0.717) is 0 Å². The first kappa shape index (κ1) is 34.4. The Morgan fingerprint density at radius 2 is 1.28 bits per heavy atom. The van der Waals surface area contributed by atoms with Crippen LogP contribution in [0.1, 0.15) is 87.1 Å². The van der Waals surface area contributed by atoms with Gasteiger partial charge < -0.3 is 19.5 Å². The molecule has 0 radical (unpaired) electrons. The summed E-state index contributed by atoms with van der Waals surface area (Å²) in [6, 6.07) is 5.05. The van der Waals surface area contributed by atoms with E-state index >= 15 is 0 Å². The lowest BCUT2D eigenvalue weighted by Gasteiger charge is -2.29. The average molecular weight is 572 g/mol. The number of hydrogen-bond donors (Lipinski definition) is 1. The highest BCUT2D eigenvalue weighted by Gasteiger charge is 2.35. The number of amides is 1. The van der Waals surface area contributed by atoms with Gasteiger partial charge in [-0.25, -0.2) is 9.59 Å². The molecule has 39 heavy (non-hydrogen) atoms. The van der Waals surface area contributed by atoms with Gasteiger partial charge in [0.1, 0.15) is 22.8 Å². The summed E-state index contributed by atoms with van der Waals surface area (Å²) >= 11 is 0. The van der Waals surface area contributed by atoms with E-state index in [1.54, 1.807) is 74.4 Å². The van der Waals surface area contributed by atoms with Crippen LogP contribution >= 0.6 is 0 Å². The summed E-state index contributed by atoms with van der Waals surface area (Å²) in [4.78, 5) is 38.6. The number of carbonyl (C=O) groups excluding carboxylic acids is 3. The van der Waals surface area contributed by atoms with Gasteiger partial charge in [0.25, 0.3) is 10.1 Å². The van der Waals surface area contributed by atoms with Crippen LogP contribution < -0.4 is 5.32 Å². The van der Waals surface area contributed by atoms with Crippen LogP contribution in [0.3, 0.4) is 0 Å². The molecule has 1 amide bonds. The molecule has 1 aromatic carbocycles. The van der Waals surface area contributed by atoms with Crippen molar-refractivity contribution in [1.29, 1.82) is 0 Å². The maximum atomic E-state index is 13.1. The van der Waals surface area contributed by atoms with Gasteiger partial charge in [0, 0.05) is 0 Å². The van der Waals surface area contributed by atoms with E-state index in [-0.39, 0.29) is 30.8 Å². The second-order valence-electron chi connectivity index (χ2n) is 12.4. The molecular formula is C28H45NO9S. The first-order chi connectivity index (χ1) is 17.6. The van der Waals surface area contributed by atoms with Gasteiger partial charge in [-0.3, -0.25) is 8.98 Å². The zero-order valence-electron chi connectivity index (χ0n) is 24.9. The van der Waals surface area contributed by atoms with Crippen LogP contribution in [-0.4, -0.2) is 55.9 Å². The molecule has 0 heterocycles. The van der Waals surface area contributed by atoms with Crippen LogP contribution in [0.2, 0.25) is 0 Å². The van der Waals surface area contributed by atoms with Crippen molar-refractivity contribution < 1.29 is 41.2 Å². The fourth-order valence-electron chi connectivity index (χ4n) is 3.31. The molecule has 0 aliphatic rings. The number of benzene rings is 1. The van der Waals surface area contributed by atoms with Crippen molar-refractivity contribution in [2.75, 3.05) is 6.61 Å². The Morgan fingerprint density at radius 1 is 0.795 bits per heavy atom. The maximum Gasteiger partial charge on any atom is 0.408 e. The Hall–Kier alpha value is -2.66. The molecule has 0 aliphatic heterocycles. The fourth-order valence-corrected chi connectivity index (χ4v) is 4.25. The van der Waals surface area contributed by atoms with Gasteiger partial charge in [-0.15, -0.1) is 0 Å². The van der Waals surface area contributed by atoms with Gasteiger partial charge >= 0.3 is 18.0 Å². The van der Waals surface area contributed by atoms with E-state index in [9.17, 15) is 22.8 Å². The molecule has 11 heteroatoms. The summed E-state index contributed by atoms with van der Waals surface area (Å²) in [7, 11) is -3.98. The molecule has 0 aromatic heterocycles. The highest BCUT2D eigenvalue weighted by atomic mass is 32.2. The molecule has 0 bridgehead atoms. The monoisotopic (exact) mass is 571 g/mol. The number of alkyl carbamates (subject to hydrolysis) is 1. The molecule has 2 atom stereocenters. The minimum Gasteiger partial charge on any atom is -0.460 e. The summed E-state index contributed by atoms with van der Waals surface area (Å²) in [5.74, 6) is -2.20. The van der Waals surface area contributed by atoms with Gasteiger partial charge in [0.05, 0.1) is 17.4 Å². The molecule has 1 N–H and O–H groups in total. The zero-order chi connectivity index (χ0) is 30.2. The molecule has 0 spiro atoms. The minimum absolute atomic E-state index is 0.0309. The summed E-state index contributed by atoms with van der Waals surface area (Å²) < 4.78 is 46.5. The lowest BCUT2D eigenvalue weighted by atomic mass is 9.94. The second kappa shape index (κ2) is 13.6. The average Bonchev–Trinajstić information content (AvgIpc) is 2.71. The molecule has 10 nitrogen and oxygen atoms in total. The number of aryl methyl sites for hydroxylation is 1. The first-order valence-electron chi connectivity index (χ1n) is 13.0. The van der Waals surface area contributed by atoms with Crippen LogP contribution in [0.4, 0.5) is 4.79 Å². The van der Waals surface area contributed by atoms with Crippen molar-refractivity contribution in [3.05, 3.63) is 29.8 Å². The summed E-state index contributed by atoms with van der Waals surface area (Å²) in [5.41, 5.74) is -1.55. The van der Waals surface area contributed by atoms with Gasteiger partial charge in [-0.2, -0.15) is 8.42 Å². The van der Waals surface area contributed by atoms with Gasteiger partial charge in [0.15, 0.2) is 0 Å². The summed E-state index contributed by atoms with van der Waals surface area (Å²) in [6.45, 7) is 16.9. The molecule has 1 unspecified atom stereocenters. The van der Waals surface area contributed by atoms with Gasteiger partial charge in [-0.1, -0.05) is 17.7 Å². The molecule has 1 aromatic rings. The lowest BCUT2D eigenvalue weighted by molar-refractivity contribution is -0.163. The molecular weight excluding hydrogens is 526 g/mol. The molecule has 0 fully saturated rings. The topological polar surface area (TPSA) is 134 Å². The minimum atomic E-state index is -3.98. The van der Waals surface area contributed by atoms with E-state index in [4.69, 9.17) is 18.4 Å². The number of hydrogen-bond acceptors (Lipinski definition) is 9. The molecule has 222 valence electrons. The van der Waals surface area contributed by atoms with E-state index in [2.05, 4.69) is 5.32 Å². The SMILES string of the molecule is Cc1ccc(S(=O)(=O)OCCCC(C[C@H](NC(=O)OC(C)(C)C)C(=O)OC(C)(C)C)C(=O)OC(C)(C)C)cc1. The van der Waals surface area contributed by atoms with Crippen molar-refractivity contribution in [1.82, 2.24) is 5.32 Å². The Kier molecular flexibility index (Phi) is 12.0. The van der Waals surface area contributed by atoms with Crippen molar-refractivity contribution in [3.8, 4) is 0 Å². The van der Waals surface area contributed by atoms with Crippen LogP contribution in [0.15, 0.2) is 29.2 Å². The van der Waals surface area contributed by atoms with Gasteiger partial charge in [0.2, 0.25) is 0 Å². The Balaban J connectivity index is 3.06. The highest BCUT2D eigenvalue weighted by molar-refractivity contribution is 7.86. The third kappa shape index (κ3) is 14.3.